The first-order valence-electron chi connectivity index (χ1n) is 9.52. The topological polar surface area (TPSA) is 118 Å². The van der Waals surface area contributed by atoms with Gasteiger partial charge in [0.25, 0.3) is 0 Å². The van der Waals surface area contributed by atoms with E-state index in [-0.39, 0.29) is 30.6 Å². The van der Waals surface area contributed by atoms with E-state index in [4.69, 9.17) is 9.15 Å². The van der Waals surface area contributed by atoms with Crippen molar-refractivity contribution in [2.75, 3.05) is 25.2 Å². The summed E-state index contributed by atoms with van der Waals surface area (Å²) in [5, 5.41) is 4.82. The zero-order valence-corrected chi connectivity index (χ0v) is 17.5. The minimum Gasteiger partial charge on any atom is -0.497 e. The van der Waals surface area contributed by atoms with Gasteiger partial charge < -0.3 is 14.5 Å². The highest BCUT2D eigenvalue weighted by atomic mass is 32.2. The van der Waals surface area contributed by atoms with Gasteiger partial charge in [-0.3, -0.25) is 15.0 Å². The van der Waals surface area contributed by atoms with Gasteiger partial charge in [0.2, 0.25) is 5.91 Å². The number of carbonyl (C=O) groups excluding carboxylic acids is 2. The zero-order valence-electron chi connectivity index (χ0n) is 16.7. The van der Waals surface area contributed by atoms with E-state index in [2.05, 4.69) is 10.6 Å². The van der Waals surface area contributed by atoms with E-state index in [0.717, 1.165) is 5.56 Å². The summed E-state index contributed by atoms with van der Waals surface area (Å²) in [6.07, 6.45) is 1.95. The van der Waals surface area contributed by atoms with Crippen molar-refractivity contribution >= 4 is 21.8 Å². The van der Waals surface area contributed by atoms with Crippen molar-refractivity contribution in [1.29, 1.82) is 0 Å². The molecule has 1 fully saturated rings. The van der Waals surface area contributed by atoms with Crippen molar-refractivity contribution < 1.29 is 27.2 Å². The monoisotopic (exact) mass is 435 g/mol. The minimum atomic E-state index is -3.12. The second-order valence-electron chi connectivity index (χ2n) is 7.12. The van der Waals surface area contributed by atoms with Crippen molar-refractivity contribution in [2.45, 2.75) is 25.6 Å². The maximum Gasteiger partial charge on any atom is 0.321 e. The van der Waals surface area contributed by atoms with Crippen LogP contribution in [0.2, 0.25) is 0 Å². The third kappa shape index (κ3) is 6.33. The molecule has 0 aliphatic carbocycles. The molecular weight excluding hydrogens is 410 g/mol. The lowest BCUT2D eigenvalue weighted by Crippen LogP contribution is -2.47. The Hall–Kier alpha value is -2.85. The first-order valence-corrected chi connectivity index (χ1v) is 11.3. The van der Waals surface area contributed by atoms with Crippen LogP contribution in [-0.4, -0.2) is 56.5 Å². The van der Waals surface area contributed by atoms with Gasteiger partial charge in [0, 0.05) is 12.6 Å². The van der Waals surface area contributed by atoms with Crippen LogP contribution in [0.3, 0.4) is 0 Å². The van der Waals surface area contributed by atoms with Crippen LogP contribution in [-0.2, 0) is 27.7 Å². The summed E-state index contributed by atoms with van der Waals surface area (Å²) in [5.74, 6) is 0.864. The van der Waals surface area contributed by atoms with Crippen LogP contribution in [0, 0.1) is 0 Å². The number of methoxy groups -OCH3 is 1. The number of hydrogen-bond donors (Lipinski definition) is 2. The number of nitrogens with one attached hydrogen (secondary N) is 2. The number of benzene rings is 1. The number of imide groups is 1. The molecule has 10 heteroatoms. The molecule has 0 spiro atoms. The van der Waals surface area contributed by atoms with Crippen molar-refractivity contribution in [3.63, 3.8) is 0 Å². The van der Waals surface area contributed by atoms with Crippen LogP contribution < -0.4 is 15.4 Å². The fraction of sp³-hybridized carbons (Fsp3) is 0.400. The molecule has 2 heterocycles. The minimum absolute atomic E-state index is 0.00112. The van der Waals surface area contributed by atoms with Crippen LogP contribution in [0.1, 0.15) is 17.7 Å². The summed E-state index contributed by atoms with van der Waals surface area (Å²) in [7, 11) is -1.54. The number of nitrogens with zero attached hydrogens (tertiary/aromatic N) is 1. The molecule has 1 atom stereocenters. The Kier molecular flexibility index (Phi) is 7.11. The molecule has 1 aromatic carbocycles. The Labute approximate surface area is 175 Å². The quantitative estimate of drug-likeness (QED) is 0.642. The van der Waals surface area contributed by atoms with Gasteiger partial charge in [0.1, 0.15) is 11.5 Å². The van der Waals surface area contributed by atoms with Crippen LogP contribution >= 0.6 is 0 Å². The number of amides is 3. The Morgan fingerprint density at radius 1 is 1.23 bits per heavy atom. The molecule has 0 bridgehead atoms. The standard InChI is InChI=1S/C20H25N3O6S/c1-28-17-6-4-15(5-7-17)12-23(16-8-10-30(26,27)14-16)13-19(24)22-20(25)21-11-18-3-2-9-29-18/h2-7,9,16H,8,10-14H2,1H3,(H2,21,22,24,25). The van der Waals surface area contributed by atoms with Crippen molar-refractivity contribution in [1.82, 2.24) is 15.5 Å². The molecule has 162 valence electrons. The van der Waals surface area contributed by atoms with E-state index in [1.807, 2.05) is 12.1 Å². The van der Waals surface area contributed by atoms with Crippen molar-refractivity contribution in [3.8, 4) is 5.75 Å². The Balaban J connectivity index is 1.60. The lowest BCUT2D eigenvalue weighted by molar-refractivity contribution is -0.121. The summed E-state index contributed by atoms with van der Waals surface area (Å²) in [6, 6.07) is 9.83. The molecule has 3 amide bonds. The lowest BCUT2D eigenvalue weighted by atomic mass is 10.1. The van der Waals surface area contributed by atoms with E-state index < -0.39 is 21.8 Å². The second-order valence-corrected chi connectivity index (χ2v) is 9.35. The van der Waals surface area contributed by atoms with Gasteiger partial charge in [-0.25, -0.2) is 13.2 Å². The normalized spacial score (nSPS) is 17.6. The molecular formula is C20H25N3O6S. The molecule has 9 nitrogen and oxygen atoms in total. The predicted molar refractivity (Wildman–Crippen MR) is 110 cm³/mol. The van der Waals surface area contributed by atoms with Gasteiger partial charge in [-0.05, 0) is 36.2 Å². The number of ether oxygens (including phenoxy) is 1. The Bertz CT molecular complexity index is 957. The molecule has 2 N–H and O–H groups in total. The van der Waals surface area contributed by atoms with Gasteiger partial charge in [-0.15, -0.1) is 0 Å². The van der Waals surface area contributed by atoms with E-state index in [9.17, 15) is 18.0 Å². The fourth-order valence-corrected chi connectivity index (χ4v) is 5.08. The first-order chi connectivity index (χ1) is 14.3. The molecule has 30 heavy (non-hydrogen) atoms. The molecule has 2 aromatic rings. The highest BCUT2D eigenvalue weighted by molar-refractivity contribution is 7.91. The van der Waals surface area contributed by atoms with Gasteiger partial charge in [-0.1, -0.05) is 12.1 Å². The molecule has 3 rings (SSSR count). The highest BCUT2D eigenvalue weighted by Crippen LogP contribution is 2.21. The number of hydrogen-bond acceptors (Lipinski definition) is 7. The maximum atomic E-state index is 12.4. The third-order valence-electron chi connectivity index (χ3n) is 4.87. The lowest BCUT2D eigenvalue weighted by Gasteiger charge is -2.27. The predicted octanol–water partition coefficient (Wildman–Crippen LogP) is 1.30. The summed E-state index contributed by atoms with van der Waals surface area (Å²) in [4.78, 5) is 26.2. The van der Waals surface area contributed by atoms with E-state index in [1.54, 1.807) is 36.3 Å². The molecule has 0 radical (unpaired) electrons. The smallest absolute Gasteiger partial charge is 0.321 e. The Morgan fingerprint density at radius 3 is 2.60 bits per heavy atom. The zero-order chi connectivity index (χ0) is 21.6. The highest BCUT2D eigenvalue weighted by Gasteiger charge is 2.33. The van der Waals surface area contributed by atoms with E-state index in [0.29, 0.717) is 24.5 Å². The first kappa shape index (κ1) is 21.8. The molecule has 1 saturated heterocycles. The van der Waals surface area contributed by atoms with E-state index >= 15 is 0 Å². The summed E-state index contributed by atoms with van der Waals surface area (Å²) >= 11 is 0. The van der Waals surface area contributed by atoms with Crippen LogP contribution in [0.5, 0.6) is 5.75 Å². The van der Waals surface area contributed by atoms with Gasteiger partial charge >= 0.3 is 6.03 Å². The summed E-state index contributed by atoms with van der Waals surface area (Å²) in [5.41, 5.74) is 0.912. The van der Waals surface area contributed by atoms with Crippen LogP contribution in [0.25, 0.3) is 0 Å². The van der Waals surface area contributed by atoms with Gasteiger partial charge in [0.15, 0.2) is 9.84 Å². The summed E-state index contributed by atoms with van der Waals surface area (Å²) < 4.78 is 34.1. The number of sulfone groups is 1. The SMILES string of the molecule is COc1ccc(CN(CC(=O)NC(=O)NCc2ccco2)C2CCS(=O)(=O)C2)cc1. The third-order valence-corrected chi connectivity index (χ3v) is 6.62. The fourth-order valence-electron chi connectivity index (χ4n) is 3.32. The number of furan rings is 1. The van der Waals surface area contributed by atoms with Crippen molar-refractivity contribution in [3.05, 3.63) is 54.0 Å². The van der Waals surface area contributed by atoms with Crippen LogP contribution in [0.15, 0.2) is 47.1 Å². The van der Waals surface area contributed by atoms with Crippen molar-refractivity contribution in [2.24, 2.45) is 0 Å². The largest absolute Gasteiger partial charge is 0.497 e. The molecule has 0 saturated carbocycles. The average molecular weight is 436 g/mol. The number of carbonyl (C=O) groups is 2. The van der Waals surface area contributed by atoms with Gasteiger partial charge in [0.05, 0.1) is 38.0 Å². The van der Waals surface area contributed by atoms with E-state index in [1.165, 1.54) is 6.26 Å². The molecule has 1 unspecified atom stereocenters. The maximum absolute atomic E-state index is 12.4. The number of rotatable bonds is 8. The second kappa shape index (κ2) is 9.77. The molecule has 1 aliphatic rings. The van der Waals surface area contributed by atoms with Crippen LogP contribution in [0.4, 0.5) is 4.79 Å². The Morgan fingerprint density at radius 2 is 2.00 bits per heavy atom. The molecule has 1 aliphatic heterocycles. The number of urea groups is 1. The summed E-state index contributed by atoms with van der Waals surface area (Å²) in [6.45, 7) is 0.439. The van der Waals surface area contributed by atoms with Gasteiger partial charge in [-0.2, -0.15) is 0 Å². The average Bonchev–Trinajstić information content (AvgIpc) is 3.35. The molecule has 1 aromatic heterocycles.